The number of rotatable bonds is 3. The van der Waals surface area contributed by atoms with Crippen LogP contribution in [0.1, 0.15) is 30.1 Å². The van der Waals surface area contributed by atoms with Crippen LogP contribution in [0.15, 0.2) is 18.2 Å². The van der Waals surface area contributed by atoms with Gasteiger partial charge in [0.1, 0.15) is 0 Å². The molecule has 0 saturated heterocycles. The molecular weight excluding hydrogens is 226 g/mol. The molecule has 18 heavy (non-hydrogen) atoms. The van der Waals surface area contributed by atoms with Gasteiger partial charge in [-0.3, -0.25) is 4.79 Å². The second-order valence-electron chi connectivity index (χ2n) is 5.42. The Hall–Kier alpha value is -1.71. The number of nitrogens with one attached hydrogen (secondary N) is 1. The molecule has 1 aromatic carbocycles. The Morgan fingerprint density at radius 2 is 2.06 bits per heavy atom. The zero-order valence-electron chi connectivity index (χ0n) is 11.2. The topological polar surface area (TPSA) is 58.4 Å². The third-order valence-corrected chi connectivity index (χ3v) is 3.46. The molecule has 2 rings (SSSR count). The van der Waals surface area contributed by atoms with E-state index >= 15 is 0 Å². The van der Waals surface area contributed by atoms with Crippen LogP contribution in [0, 0.1) is 5.92 Å². The molecule has 3 N–H and O–H groups in total. The average Bonchev–Trinajstić information content (AvgIpc) is 2.26. The van der Waals surface area contributed by atoms with Gasteiger partial charge in [0.2, 0.25) is 0 Å². The summed E-state index contributed by atoms with van der Waals surface area (Å²) in [5.74, 6) is 0.701. The van der Waals surface area contributed by atoms with Crippen LogP contribution < -0.4 is 16.0 Å². The van der Waals surface area contributed by atoms with Gasteiger partial charge < -0.3 is 16.0 Å². The van der Waals surface area contributed by atoms with Crippen LogP contribution in [0.25, 0.3) is 0 Å². The number of nitrogen functional groups attached to an aromatic ring is 1. The second-order valence-corrected chi connectivity index (χ2v) is 5.42. The second kappa shape index (κ2) is 4.88. The van der Waals surface area contributed by atoms with Gasteiger partial charge in [-0.15, -0.1) is 0 Å². The number of hydrogen-bond donors (Lipinski definition) is 2. The van der Waals surface area contributed by atoms with Crippen molar-refractivity contribution in [3.05, 3.63) is 23.8 Å². The molecule has 0 spiro atoms. The smallest absolute Gasteiger partial charge is 0.253 e. The molecule has 1 amide bonds. The van der Waals surface area contributed by atoms with Crippen molar-refractivity contribution in [1.82, 2.24) is 5.32 Å². The fourth-order valence-electron chi connectivity index (χ4n) is 2.41. The van der Waals surface area contributed by atoms with E-state index in [9.17, 15) is 4.79 Å². The Labute approximate surface area is 108 Å². The standard InChI is InChI=1S/C14H21N3O/c1-9-6-11(7-9)16-14(18)12-8-10(15)4-5-13(12)17(2)3/h4-5,8-9,11H,6-7,15H2,1-3H3,(H,16,18). The highest BCUT2D eigenvalue weighted by atomic mass is 16.1. The maximum atomic E-state index is 12.2. The van der Waals surface area contributed by atoms with Gasteiger partial charge in [0.25, 0.3) is 5.91 Å². The largest absolute Gasteiger partial charge is 0.399 e. The molecule has 4 nitrogen and oxygen atoms in total. The first-order chi connectivity index (χ1) is 8.47. The fraction of sp³-hybridized carbons (Fsp3) is 0.500. The summed E-state index contributed by atoms with van der Waals surface area (Å²) in [7, 11) is 3.85. The number of carbonyl (C=O) groups is 1. The Morgan fingerprint density at radius 3 is 2.61 bits per heavy atom. The van der Waals surface area contributed by atoms with E-state index in [4.69, 9.17) is 5.73 Å². The summed E-state index contributed by atoms with van der Waals surface area (Å²) in [5.41, 5.74) is 7.93. The SMILES string of the molecule is CC1CC(NC(=O)c2cc(N)ccc2N(C)C)C1. The lowest BCUT2D eigenvalue weighted by Crippen LogP contribution is -2.43. The molecule has 1 saturated carbocycles. The molecule has 98 valence electrons. The van der Waals surface area contributed by atoms with Crippen LogP contribution in [-0.2, 0) is 0 Å². The molecule has 0 aromatic heterocycles. The number of nitrogens with two attached hydrogens (primary N) is 1. The normalized spacial score (nSPS) is 22.2. The molecule has 0 atom stereocenters. The van der Waals surface area contributed by atoms with Crippen LogP contribution >= 0.6 is 0 Å². The van der Waals surface area contributed by atoms with Crippen molar-refractivity contribution in [2.45, 2.75) is 25.8 Å². The average molecular weight is 247 g/mol. The highest BCUT2D eigenvalue weighted by Gasteiger charge is 2.27. The number of benzene rings is 1. The molecule has 1 aliphatic carbocycles. The monoisotopic (exact) mass is 247 g/mol. The van der Waals surface area contributed by atoms with Gasteiger partial charge in [-0.05, 0) is 37.0 Å². The molecule has 0 aliphatic heterocycles. The summed E-state index contributed by atoms with van der Waals surface area (Å²) in [6, 6.07) is 5.77. The summed E-state index contributed by atoms with van der Waals surface area (Å²) in [5, 5.41) is 3.06. The maximum absolute atomic E-state index is 12.2. The van der Waals surface area contributed by atoms with E-state index in [0.717, 1.165) is 24.4 Å². The molecular formula is C14H21N3O. The summed E-state index contributed by atoms with van der Waals surface area (Å²) in [4.78, 5) is 14.2. The van der Waals surface area contributed by atoms with Crippen LogP contribution in [0.2, 0.25) is 0 Å². The Morgan fingerprint density at radius 1 is 1.39 bits per heavy atom. The van der Waals surface area contributed by atoms with Gasteiger partial charge in [0.15, 0.2) is 0 Å². The zero-order chi connectivity index (χ0) is 13.3. The van der Waals surface area contributed by atoms with Crippen molar-refractivity contribution in [3.8, 4) is 0 Å². The summed E-state index contributed by atoms with van der Waals surface area (Å²) < 4.78 is 0. The molecule has 4 heteroatoms. The molecule has 0 radical (unpaired) electrons. The van der Waals surface area contributed by atoms with Crippen molar-refractivity contribution in [1.29, 1.82) is 0 Å². The van der Waals surface area contributed by atoms with Crippen LogP contribution in [-0.4, -0.2) is 26.0 Å². The highest BCUT2D eigenvalue weighted by molar-refractivity contribution is 6.00. The number of amides is 1. The van der Waals surface area contributed by atoms with Gasteiger partial charge in [0, 0.05) is 31.5 Å². The molecule has 1 aromatic rings. The Kier molecular flexibility index (Phi) is 3.45. The molecule has 1 fully saturated rings. The van der Waals surface area contributed by atoms with E-state index in [1.807, 2.05) is 31.1 Å². The molecule has 0 bridgehead atoms. The number of anilines is 2. The summed E-state index contributed by atoms with van der Waals surface area (Å²) in [6.07, 6.45) is 2.15. The lowest BCUT2D eigenvalue weighted by molar-refractivity contribution is 0.0896. The van der Waals surface area contributed by atoms with E-state index in [2.05, 4.69) is 12.2 Å². The minimum absolute atomic E-state index is 0.0251. The number of hydrogen-bond acceptors (Lipinski definition) is 3. The first-order valence-corrected chi connectivity index (χ1v) is 6.35. The van der Waals surface area contributed by atoms with E-state index in [-0.39, 0.29) is 5.91 Å². The van der Waals surface area contributed by atoms with Gasteiger partial charge in [-0.1, -0.05) is 6.92 Å². The van der Waals surface area contributed by atoms with E-state index < -0.39 is 0 Å². The molecule has 1 aliphatic rings. The van der Waals surface area contributed by atoms with Crippen molar-refractivity contribution >= 4 is 17.3 Å². The van der Waals surface area contributed by atoms with Gasteiger partial charge in [-0.2, -0.15) is 0 Å². The number of carbonyl (C=O) groups excluding carboxylic acids is 1. The van der Waals surface area contributed by atoms with Crippen LogP contribution in [0.5, 0.6) is 0 Å². The van der Waals surface area contributed by atoms with Crippen molar-refractivity contribution in [2.75, 3.05) is 24.7 Å². The Bertz CT molecular complexity index is 450. The third kappa shape index (κ3) is 2.58. The Balaban J connectivity index is 2.15. The van der Waals surface area contributed by atoms with E-state index in [0.29, 0.717) is 17.3 Å². The van der Waals surface area contributed by atoms with Crippen LogP contribution in [0.3, 0.4) is 0 Å². The fourth-order valence-corrected chi connectivity index (χ4v) is 2.41. The third-order valence-electron chi connectivity index (χ3n) is 3.46. The van der Waals surface area contributed by atoms with E-state index in [1.54, 1.807) is 6.07 Å². The first kappa shape index (κ1) is 12.7. The van der Waals surface area contributed by atoms with Gasteiger partial charge in [-0.25, -0.2) is 0 Å². The molecule has 0 unspecified atom stereocenters. The lowest BCUT2D eigenvalue weighted by Gasteiger charge is -2.33. The van der Waals surface area contributed by atoms with Gasteiger partial charge in [0.05, 0.1) is 5.56 Å². The quantitative estimate of drug-likeness (QED) is 0.802. The summed E-state index contributed by atoms with van der Waals surface area (Å²) in [6.45, 7) is 2.20. The predicted octanol–water partition coefficient (Wildman–Crippen LogP) is 1.86. The van der Waals surface area contributed by atoms with Crippen LogP contribution in [0.4, 0.5) is 11.4 Å². The van der Waals surface area contributed by atoms with E-state index in [1.165, 1.54) is 0 Å². The zero-order valence-corrected chi connectivity index (χ0v) is 11.2. The van der Waals surface area contributed by atoms with Crippen molar-refractivity contribution in [2.24, 2.45) is 5.92 Å². The minimum atomic E-state index is -0.0251. The van der Waals surface area contributed by atoms with Gasteiger partial charge >= 0.3 is 0 Å². The van der Waals surface area contributed by atoms with Crippen molar-refractivity contribution in [3.63, 3.8) is 0 Å². The first-order valence-electron chi connectivity index (χ1n) is 6.35. The highest BCUT2D eigenvalue weighted by Crippen LogP contribution is 2.27. The lowest BCUT2D eigenvalue weighted by atomic mass is 9.82. The van der Waals surface area contributed by atoms with Crippen molar-refractivity contribution < 1.29 is 4.79 Å². The number of nitrogens with zero attached hydrogens (tertiary/aromatic N) is 1. The summed E-state index contributed by atoms with van der Waals surface area (Å²) >= 11 is 0. The minimum Gasteiger partial charge on any atom is -0.399 e. The predicted molar refractivity (Wildman–Crippen MR) is 74.8 cm³/mol. The maximum Gasteiger partial charge on any atom is 0.253 e. The molecule has 0 heterocycles.